The number of amides is 1. The minimum absolute atomic E-state index is 0.248. The van der Waals surface area contributed by atoms with Crippen LogP contribution in [0.15, 0.2) is 66.7 Å². The number of nitrogens with zero attached hydrogens (tertiary/aromatic N) is 1. The molecule has 0 unspecified atom stereocenters. The zero-order valence-corrected chi connectivity index (χ0v) is 16.7. The molecule has 4 nitrogen and oxygen atoms in total. The van der Waals surface area contributed by atoms with Crippen molar-refractivity contribution in [2.75, 3.05) is 5.32 Å². The largest absolute Gasteiger partial charge is 0.488 e. The van der Waals surface area contributed by atoms with Crippen LogP contribution in [0, 0.1) is 6.92 Å². The van der Waals surface area contributed by atoms with Crippen LogP contribution in [0.3, 0.4) is 0 Å². The maximum atomic E-state index is 12.8. The predicted octanol–water partition coefficient (Wildman–Crippen LogP) is 6.09. The second-order valence-corrected chi connectivity index (χ2v) is 7.82. The van der Waals surface area contributed by atoms with E-state index in [1.807, 2.05) is 55.5 Å². The van der Waals surface area contributed by atoms with E-state index in [-0.39, 0.29) is 5.91 Å². The van der Waals surface area contributed by atoms with E-state index in [1.165, 1.54) is 11.3 Å². The Bertz CT molecular complexity index is 1140. The molecule has 0 atom stereocenters. The van der Waals surface area contributed by atoms with Crippen LogP contribution in [-0.4, -0.2) is 10.9 Å². The van der Waals surface area contributed by atoms with Crippen LogP contribution < -0.4 is 10.1 Å². The molecule has 0 bridgehead atoms. The molecule has 1 aromatic heterocycles. The Morgan fingerprint density at radius 1 is 1.11 bits per heavy atom. The average Bonchev–Trinajstić information content (AvgIpc) is 3.09. The third-order valence-corrected chi connectivity index (χ3v) is 5.39. The minimum atomic E-state index is -0.248. The topological polar surface area (TPSA) is 51.2 Å². The zero-order valence-electron chi connectivity index (χ0n) is 15.1. The van der Waals surface area contributed by atoms with Crippen LogP contribution in [0.1, 0.15) is 21.5 Å². The molecule has 0 saturated carbocycles. The molecule has 4 rings (SSSR count). The normalized spacial score (nSPS) is 10.8. The molecule has 3 aromatic carbocycles. The van der Waals surface area contributed by atoms with Crippen molar-refractivity contribution in [3.63, 3.8) is 0 Å². The maximum Gasteiger partial charge on any atom is 0.261 e. The highest BCUT2D eigenvalue weighted by atomic mass is 35.5. The van der Waals surface area contributed by atoms with Crippen LogP contribution >= 0.6 is 22.9 Å². The van der Waals surface area contributed by atoms with Crippen LogP contribution in [0.4, 0.5) is 5.13 Å². The summed E-state index contributed by atoms with van der Waals surface area (Å²) in [6.45, 7) is 2.38. The van der Waals surface area contributed by atoms with Gasteiger partial charge in [-0.2, -0.15) is 0 Å². The number of aryl methyl sites for hydroxylation is 1. The van der Waals surface area contributed by atoms with Gasteiger partial charge in [0, 0.05) is 5.02 Å². The number of benzene rings is 3. The molecule has 6 heteroatoms. The van der Waals surface area contributed by atoms with Gasteiger partial charge < -0.3 is 4.74 Å². The Kier molecular flexibility index (Phi) is 5.28. The maximum absolute atomic E-state index is 12.8. The molecule has 0 aliphatic heterocycles. The van der Waals surface area contributed by atoms with E-state index < -0.39 is 0 Å². The molecule has 0 aliphatic carbocycles. The van der Waals surface area contributed by atoms with Crippen LogP contribution in [0.25, 0.3) is 10.2 Å². The number of hydrogen-bond donors (Lipinski definition) is 1. The van der Waals surface area contributed by atoms with Gasteiger partial charge in [0.25, 0.3) is 5.91 Å². The van der Waals surface area contributed by atoms with E-state index in [0.717, 1.165) is 21.3 Å². The molecular weight excluding hydrogens is 392 g/mol. The highest BCUT2D eigenvalue weighted by Crippen LogP contribution is 2.28. The summed E-state index contributed by atoms with van der Waals surface area (Å²) in [4.78, 5) is 17.3. The Hall–Kier alpha value is -2.89. The van der Waals surface area contributed by atoms with Crippen molar-refractivity contribution in [1.82, 2.24) is 4.98 Å². The second-order valence-electron chi connectivity index (χ2n) is 6.36. The standard InChI is InChI=1S/C22H17ClN2O2S/c1-14-6-11-18-20(12-14)28-22(24-18)25-21(26)17-4-2-3-5-19(17)27-13-15-7-9-16(23)10-8-15/h2-12H,13H2,1H3,(H,24,25,26). The third-order valence-electron chi connectivity index (χ3n) is 4.20. The number of anilines is 1. The molecule has 1 heterocycles. The summed E-state index contributed by atoms with van der Waals surface area (Å²) < 4.78 is 6.92. The fourth-order valence-corrected chi connectivity index (χ4v) is 3.86. The van der Waals surface area contributed by atoms with Gasteiger partial charge in [-0.1, -0.05) is 53.3 Å². The average molecular weight is 409 g/mol. The van der Waals surface area contributed by atoms with Gasteiger partial charge in [-0.05, 0) is 54.4 Å². The molecule has 28 heavy (non-hydrogen) atoms. The van der Waals surface area contributed by atoms with Gasteiger partial charge in [0.1, 0.15) is 12.4 Å². The van der Waals surface area contributed by atoms with Gasteiger partial charge in [0.15, 0.2) is 5.13 Å². The molecule has 1 N–H and O–H groups in total. The fraction of sp³-hybridized carbons (Fsp3) is 0.0909. The quantitative estimate of drug-likeness (QED) is 0.434. The summed E-state index contributed by atoms with van der Waals surface area (Å²) >= 11 is 7.37. The van der Waals surface area contributed by atoms with Crippen molar-refractivity contribution in [3.05, 3.63) is 88.4 Å². The molecule has 1 amide bonds. The van der Waals surface area contributed by atoms with Crippen molar-refractivity contribution in [2.24, 2.45) is 0 Å². The zero-order chi connectivity index (χ0) is 19.5. The molecular formula is C22H17ClN2O2S. The number of ether oxygens (including phenoxy) is 1. The van der Waals surface area contributed by atoms with Crippen molar-refractivity contribution < 1.29 is 9.53 Å². The number of aromatic nitrogens is 1. The first-order valence-electron chi connectivity index (χ1n) is 8.73. The third kappa shape index (κ3) is 4.16. The molecule has 0 fully saturated rings. The number of nitrogens with one attached hydrogen (secondary N) is 1. The van der Waals surface area contributed by atoms with Crippen molar-refractivity contribution in [3.8, 4) is 5.75 Å². The van der Waals surface area contributed by atoms with Gasteiger partial charge in [-0.25, -0.2) is 4.98 Å². The Morgan fingerprint density at radius 2 is 1.89 bits per heavy atom. The smallest absolute Gasteiger partial charge is 0.261 e. The van der Waals surface area contributed by atoms with E-state index in [0.29, 0.717) is 28.1 Å². The summed E-state index contributed by atoms with van der Waals surface area (Å²) in [7, 11) is 0. The lowest BCUT2D eigenvalue weighted by Gasteiger charge is -2.11. The number of carbonyl (C=O) groups excluding carboxylic acids is 1. The molecule has 140 valence electrons. The van der Waals surface area contributed by atoms with E-state index in [9.17, 15) is 4.79 Å². The lowest BCUT2D eigenvalue weighted by Crippen LogP contribution is -2.13. The highest BCUT2D eigenvalue weighted by molar-refractivity contribution is 7.22. The summed E-state index contributed by atoms with van der Waals surface area (Å²) in [5, 5.41) is 4.13. The van der Waals surface area contributed by atoms with Crippen LogP contribution in [-0.2, 0) is 6.61 Å². The van der Waals surface area contributed by atoms with E-state index >= 15 is 0 Å². The van der Waals surface area contributed by atoms with Crippen molar-refractivity contribution in [2.45, 2.75) is 13.5 Å². The monoisotopic (exact) mass is 408 g/mol. The number of thiazole rings is 1. The number of hydrogen-bond acceptors (Lipinski definition) is 4. The number of fused-ring (bicyclic) bond motifs is 1. The highest BCUT2D eigenvalue weighted by Gasteiger charge is 2.15. The molecule has 0 saturated heterocycles. The van der Waals surface area contributed by atoms with E-state index in [4.69, 9.17) is 16.3 Å². The van der Waals surface area contributed by atoms with Gasteiger partial charge in [-0.3, -0.25) is 10.1 Å². The molecule has 0 radical (unpaired) electrons. The summed E-state index contributed by atoms with van der Waals surface area (Å²) in [6.07, 6.45) is 0. The Balaban J connectivity index is 1.51. The summed E-state index contributed by atoms with van der Waals surface area (Å²) in [6, 6.07) is 20.6. The number of halogens is 1. The Labute approximate surface area is 171 Å². The van der Waals surface area contributed by atoms with Crippen LogP contribution in [0.5, 0.6) is 5.75 Å². The lowest BCUT2D eigenvalue weighted by atomic mass is 10.2. The van der Waals surface area contributed by atoms with Gasteiger partial charge in [0.05, 0.1) is 15.8 Å². The van der Waals surface area contributed by atoms with Crippen LogP contribution in [0.2, 0.25) is 5.02 Å². The number of rotatable bonds is 5. The Morgan fingerprint density at radius 3 is 2.71 bits per heavy atom. The lowest BCUT2D eigenvalue weighted by molar-refractivity contribution is 0.102. The van der Waals surface area contributed by atoms with E-state index in [2.05, 4.69) is 16.4 Å². The molecule has 0 spiro atoms. The first kappa shape index (κ1) is 18.5. The predicted molar refractivity (Wildman–Crippen MR) is 115 cm³/mol. The fourth-order valence-electron chi connectivity index (χ4n) is 2.77. The van der Waals surface area contributed by atoms with Gasteiger partial charge in [0.2, 0.25) is 0 Å². The second kappa shape index (κ2) is 8.00. The number of carbonyl (C=O) groups is 1. The SMILES string of the molecule is Cc1ccc2nc(NC(=O)c3ccccc3OCc3ccc(Cl)cc3)sc2c1. The van der Waals surface area contributed by atoms with Crippen molar-refractivity contribution >= 4 is 44.2 Å². The minimum Gasteiger partial charge on any atom is -0.488 e. The van der Waals surface area contributed by atoms with Gasteiger partial charge in [-0.15, -0.1) is 0 Å². The summed E-state index contributed by atoms with van der Waals surface area (Å²) in [5.41, 5.74) is 3.47. The summed E-state index contributed by atoms with van der Waals surface area (Å²) in [5.74, 6) is 0.273. The first-order chi connectivity index (χ1) is 13.6. The van der Waals surface area contributed by atoms with E-state index in [1.54, 1.807) is 12.1 Å². The van der Waals surface area contributed by atoms with Gasteiger partial charge >= 0.3 is 0 Å². The number of para-hydroxylation sites is 1. The first-order valence-corrected chi connectivity index (χ1v) is 9.93. The molecule has 0 aliphatic rings. The molecule has 4 aromatic rings. The van der Waals surface area contributed by atoms with Crippen molar-refractivity contribution in [1.29, 1.82) is 0 Å².